The van der Waals surface area contributed by atoms with Crippen LogP contribution < -0.4 is 5.73 Å². The van der Waals surface area contributed by atoms with Gasteiger partial charge in [0.1, 0.15) is 5.84 Å². The normalized spacial score (nSPS) is 10.4. The standard InChI is InChI=1S/C15H15ClN2S/c1-10-3-2-4-11(7-10)9-19-14-6-5-12(16)8-13(14)15(17)18/h2-8H,9H2,1H3,(H3,17,18). The molecule has 0 unspecified atom stereocenters. The number of halogens is 1. The Morgan fingerprint density at radius 3 is 2.74 bits per heavy atom. The molecule has 4 heteroatoms. The van der Waals surface area contributed by atoms with Crippen LogP contribution in [0.2, 0.25) is 5.02 Å². The van der Waals surface area contributed by atoms with Gasteiger partial charge < -0.3 is 5.73 Å². The first-order valence-electron chi connectivity index (χ1n) is 5.88. The van der Waals surface area contributed by atoms with Gasteiger partial charge >= 0.3 is 0 Å². The highest BCUT2D eigenvalue weighted by Gasteiger charge is 2.07. The number of amidine groups is 1. The molecule has 2 aromatic carbocycles. The highest BCUT2D eigenvalue weighted by molar-refractivity contribution is 7.98. The van der Waals surface area contributed by atoms with Crippen LogP contribution in [-0.4, -0.2) is 5.84 Å². The zero-order chi connectivity index (χ0) is 13.8. The van der Waals surface area contributed by atoms with Crippen LogP contribution in [-0.2, 0) is 5.75 Å². The maximum atomic E-state index is 7.60. The van der Waals surface area contributed by atoms with Crippen molar-refractivity contribution in [1.29, 1.82) is 5.41 Å². The molecule has 0 aliphatic heterocycles. The summed E-state index contributed by atoms with van der Waals surface area (Å²) in [6.07, 6.45) is 0. The van der Waals surface area contributed by atoms with Crippen molar-refractivity contribution in [2.45, 2.75) is 17.6 Å². The van der Waals surface area contributed by atoms with Gasteiger partial charge in [-0.15, -0.1) is 11.8 Å². The maximum absolute atomic E-state index is 7.60. The van der Waals surface area contributed by atoms with Crippen LogP contribution in [0.3, 0.4) is 0 Å². The van der Waals surface area contributed by atoms with Gasteiger partial charge in [0.15, 0.2) is 0 Å². The third kappa shape index (κ3) is 3.75. The summed E-state index contributed by atoms with van der Waals surface area (Å²) in [5.74, 6) is 0.901. The van der Waals surface area contributed by atoms with Crippen molar-refractivity contribution in [2.24, 2.45) is 5.73 Å². The Bertz CT molecular complexity index is 611. The molecule has 0 atom stereocenters. The number of hydrogen-bond donors (Lipinski definition) is 2. The van der Waals surface area contributed by atoms with E-state index in [2.05, 4.69) is 31.2 Å². The Morgan fingerprint density at radius 2 is 2.05 bits per heavy atom. The number of hydrogen-bond acceptors (Lipinski definition) is 2. The van der Waals surface area contributed by atoms with Crippen molar-refractivity contribution in [3.05, 3.63) is 64.2 Å². The first-order valence-corrected chi connectivity index (χ1v) is 7.25. The molecular formula is C15H15ClN2S. The van der Waals surface area contributed by atoms with Gasteiger partial charge in [0, 0.05) is 21.2 Å². The Morgan fingerprint density at radius 1 is 1.26 bits per heavy atom. The van der Waals surface area contributed by atoms with Crippen molar-refractivity contribution in [3.63, 3.8) is 0 Å². The van der Waals surface area contributed by atoms with E-state index in [4.69, 9.17) is 22.7 Å². The molecule has 0 aliphatic carbocycles. The van der Waals surface area contributed by atoms with Crippen molar-refractivity contribution in [1.82, 2.24) is 0 Å². The number of nitrogens with one attached hydrogen (secondary N) is 1. The van der Waals surface area contributed by atoms with Gasteiger partial charge in [-0.2, -0.15) is 0 Å². The molecule has 0 spiro atoms. The largest absolute Gasteiger partial charge is 0.384 e. The lowest BCUT2D eigenvalue weighted by Crippen LogP contribution is -2.12. The van der Waals surface area contributed by atoms with E-state index >= 15 is 0 Å². The molecule has 0 bridgehead atoms. The van der Waals surface area contributed by atoms with E-state index in [0.29, 0.717) is 10.6 Å². The van der Waals surface area contributed by atoms with Crippen molar-refractivity contribution in [2.75, 3.05) is 0 Å². The first kappa shape index (κ1) is 14.0. The zero-order valence-electron chi connectivity index (χ0n) is 10.6. The SMILES string of the molecule is Cc1cccc(CSc2ccc(Cl)cc2C(=N)N)c1. The molecule has 0 heterocycles. The number of aryl methyl sites for hydroxylation is 1. The summed E-state index contributed by atoms with van der Waals surface area (Å²) in [5.41, 5.74) is 8.80. The van der Waals surface area contributed by atoms with Gasteiger partial charge in [0.05, 0.1) is 0 Å². The topological polar surface area (TPSA) is 49.9 Å². The average molecular weight is 291 g/mol. The van der Waals surface area contributed by atoms with Crippen LogP contribution in [0.15, 0.2) is 47.4 Å². The summed E-state index contributed by atoms with van der Waals surface area (Å²) in [7, 11) is 0. The fourth-order valence-corrected chi connectivity index (χ4v) is 2.96. The molecule has 19 heavy (non-hydrogen) atoms. The van der Waals surface area contributed by atoms with Crippen LogP contribution in [0, 0.1) is 12.3 Å². The van der Waals surface area contributed by atoms with Gasteiger partial charge in [-0.05, 0) is 30.7 Å². The predicted octanol–water partition coefficient (Wildman–Crippen LogP) is 4.22. The number of nitrogen functional groups attached to an aromatic ring is 1. The van der Waals surface area contributed by atoms with Gasteiger partial charge in [0.2, 0.25) is 0 Å². The molecule has 2 nitrogen and oxygen atoms in total. The Labute approximate surface area is 122 Å². The second-order valence-electron chi connectivity index (χ2n) is 4.33. The monoisotopic (exact) mass is 290 g/mol. The van der Waals surface area contributed by atoms with Crippen LogP contribution in [0.5, 0.6) is 0 Å². The number of thioether (sulfide) groups is 1. The fourth-order valence-electron chi connectivity index (χ4n) is 1.80. The lowest BCUT2D eigenvalue weighted by molar-refractivity contribution is 1.31. The van der Waals surface area contributed by atoms with Gasteiger partial charge in [-0.3, -0.25) is 5.41 Å². The Kier molecular flexibility index (Phi) is 4.51. The van der Waals surface area contributed by atoms with Crippen molar-refractivity contribution >= 4 is 29.2 Å². The highest BCUT2D eigenvalue weighted by atomic mass is 35.5. The average Bonchev–Trinajstić information content (AvgIpc) is 2.37. The number of nitrogens with two attached hydrogens (primary N) is 1. The molecule has 0 aromatic heterocycles. The van der Waals surface area contributed by atoms with E-state index in [1.54, 1.807) is 17.8 Å². The molecule has 0 aliphatic rings. The molecule has 2 rings (SSSR count). The second-order valence-corrected chi connectivity index (χ2v) is 5.79. The van der Waals surface area contributed by atoms with Crippen LogP contribution in [0.25, 0.3) is 0 Å². The third-order valence-corrected chi connectivity index (χ3v) is 4.09. The van der Waals surface area contributed by atoms with Crippen LogP contribution >= 0.6 is 23.4 Å². The molecule has 0 radical (unpaired) electrons. The van der Waals surface area contributed by atoms with Crippen LogP contribution in [0.1, 0.15) is 16.7 Å². The summed E-state index contributed by atoms with van der Waals surface area (Å²) in [6.45, 7) is 2.08. The van der Waals surface area contributed by atoms with Crippen molar-refractivity contribution < 1.29 is 0 Å². The lowest BCUT2D eigenvalue weighted by atomic mass is 10.2. The summed E-state index contributed by atoms with van der Waals surface area (Å²) < 4.78 is 0. The van der Waals surface area contributed by atoms with E-state index in [0.717, 1.165) is 10.6 Å². The third-order valence-electron chi connectivity index (χ3n) is 2.71. The Balaban J connectivity index is 2.17. The smallest absolute Gasteiger partial charge is 0.123 e. The molecular weight excluding hydrogens is 276 g/mol. The number of benzene rings is 2. The maximum Gasteiger partial charge on any atom is 0.123 e. The quantitative estimate of drug-likeness (QED) is 0.503. The molecule has 0 saturated carbocycles. The molecule has 0 amide bonds. The first-order chi connectivity index (χ1) is 9.06. The minimum atomic E-state index is 0.0502. The fraction of sp³-hybridized carbons (Fsp3) is 0.133. The minimum absolute atomic E-state index is 0.0502. The number of rotatable bonds is 4. The van der Waals surface area contributed by atoms with E-state index in [9.17, 15) is 0 Å². The molecule has 0 saturated heterocycles. The van der Waals surface area contributed by atoms with Gasteiger partial charge in [-0.1, -0.05) is 41.4 Å². The Hall–Kier alpha value is -1.45. The molecule has 2 aromatic rings. The molecule has 0 fully saturated rings. The molecule has 3 N–H and O–H groups in total. The zero-order valence-corrected chi connectivity index (χ0v) is 12.2. The predicted molar refractivity (Wildman–Crippen MR) is 83.2 cm³/mol. The summed E-state index contributed by atoms with van der Waals surface area (Å²) in [5, 5.41) is 8.20. The minimum Gasteiger partial charge on any atom is -0.384 e. The summed E-state index contributed by atoms with van der Waals surface area (Å²) in [4.78, 5) is 0.985. The lowest BCUT2D eigenvalue weighted by Gasteiger charge is -2.09. The van der Waals surface area contributed by atoms with E-state index in [-0.39, 0.29) is 5.84 Å². The van der Waals surface area contributed by atoms with Crippen LogP contribution in [0.4, 0.5) is 0 Å². The summed E-state index contributed by atoms with van der Waals surface area (Å²) >= 11 is 7.60. The van der Waals surface area contributed by atoms with Gasteiger partial charge in [0.25, 0.3) is 0 Å². The van der Waals surface area contributed by atoms with Crippen molar-refractivity contribution in [3.8, 4) is 0 Å². The van der Waals surface area contributed by atoms with E-state index < -0.39 is 0 Å². The molecule has 98 valence electrons. The highest BCUT2D eigenvalue weighted by Crippen LogP contribution is 2.28. The van der Waals surface area contributed by atoms with E-state index in [1.807, 2.05) is 12.1 Å². The second kappa shape index (κ2) is 6.13. The summed E-state index contributed by atoms with van der Waals surface area (Å²) in [6, 6.07) is 13.9. The van der Waals surface area contributed by atoms with E-state index in [1.165, 1.54) is 11.1 Å². The van der Waals surface area contributed by atoms with Gasteiger partial charge in [-0.25, -0.2) is 0 Å².